The molecule has 2 amide bonds. The van der Waals surface area contributed by atoms with E-state index in [1.165, 1.54) is 44.2 Å². The van der Waals surface area contributed by atoms with Crippen LogP contribution < -0.4 is 5.32 Å². The highest BCUT2D eigenvalue weighted by molar-refractivity contribution is 5.79. The second kappa shape index (κ2) is 10.0. The molecule has 4 rings (SSSR count). The van der Waals surface area contributed by atoms with Gasteiger partial charge in [0.15, 0.2) is 5.82 Å². The summed E-state index contributed by atoms with van der Waals surface area (Å²) in [5.41, 5.74) is 0.875. The summed E-state index contributed by atoms with van der Waals surface area (Å²) in [6.07, 6.45) is 8.13. The summed E-state index contributed by atoms with van der Waals surface area (Å²) in [5.74, 6) is 1.09. The Labute approximate surface area is 181 Å². The fraction of sp³-hybridized carbons (Fsp3) is 0.565. The van der Waals surface area contributed by atoms with Gasteiger partial charge in [-0.3, -0.25) is 9.59 Å². The Balaban J connectivity index is 1.23. The van der Waals surface area contributed by atoms with Gasteiger partial charge in [0.2, 0.25) is 17.7 Å². The van der Waals surface area contributed by atoms with Crippen LogP contribution in [0.2, 0.25) is 0 Å². The Morgan fingerprint density at radius 2 is 1.97 bits per heavy atom. The number of hydrogen-bond donors (Lipinski definition) is 1. The summed E-state index contributed by atoms with van der Waals surface area (Å²) in [5, 5.41) is 6.87. The Hall–Kier alpha value is -2.77. The molecular weight excluding hydrogens is 399 g/mol. The monoisotopic (exact) mass is 428 g/mol. The van der Waals surface area contributed by atoms with Crippen molar-refractivity contribution in [3.8, 4) is 0 Å². The molecule has 1 saturated carbocycles. The number of nitrogens with zero attached hydrogens (tertiary/aromatic N) is 3. The van der Waals surface area contributed by atoms with E-state index in [0.29, 0.717) is 43.6 Å². The average Bonchev–Trinajstić information content (AvgIpc) is 3.40. The van der Waals surface area contributed by atoms with Gasteiger partial charge in [0.1, 0.15) is 5.82 Å². The molecule has 8 heteroatoms. The number of carbonyl (C=O) groups excluding carboxylic acids is 2. The summed E-state index contributed by atoms with van der Waals surface area (Å²) in [7, 11) is 0. The molecule has 0 radical (unpaired) electrons. The summed E-state index contributed by atoms with van der Waals surface area (Å²) in [4.78, 5) is 30.6. The third-order valence-corrected chi connectivity index (χ3v) is 6.29. The van der Waals surface area contributed by atoms with Gasteiger partial charge >= 0.3 is 0 Å². The van der Waals surface area contributed by atoms with E-state index in [-0.39, 0.29) is 30.1 Å². The van der Waals surface area contributed by atoms with Crippen molar-refractivity contribution in [1.29, 1.82) is 0 Å². The van der Waals surface area contributed by atoms with E-state index >= 15 is 0 Å². The van der Waals surface area contributed by atoms with Gasteiger partial charge in [0.25, 0.3) is 0 Å². The molecule has 166 valence electrons. The topological polar surface area (TPSA) is 88.3 Å². The molecule has 1 aliphatic carbocycles. The third kappa shape index (κ3) is 5.89. The molecule has 1 atom stereocenters. The van der Waals surface area contributed by atoms with Gasteiger partial charge in [-0.15, -0.1) is 0 Å². The molecule has 2 heterocycles. The first-order chi connectivity index (χ1) is 15.1. The predicted molar refractivity (Wildman–Crippen MR) is 111 cm³/mol. The molecule has 2 aromatic rings. The molecule has 0 bridgehead atoms. The van der Waals surface area contributed by atoms with Crippen LogP contribution in [0, 0.1) is 11.7 Å². The van der Waals surface area contributed by atoms with Gasteiger partial charge in [-0.25, -0.2) is 4.39 Å². The Kier molecular flexibility index (Phi) is 6.94. The van der Waals surface area contributed by atoms with Crippen LogP contribution in [-0.4, -0.2) is 33.4 Å². The zero-order chi connectivity index (χ0) is 21.6. The van der Waals surface area contributed by atoms with Crippen LogP contribution in [0.1, 0.15) is 74.6 Å². The van der Waals surface area contributed by atoms with Crippen molar-refractivity contribution < 1.29 is 18.5 Å². The van der Waals surface area contributed by atoms with E-state index in [1.807, 2.05) is 0 Å². The maximum Gasteiger partial charge on any atom is 0.246 e. The van der Waals surface area contributed by atoms with Crippen molar-refractivity contribution in [2.75, 3.05) is 6.54 Å². The molecule has 1 aliphatic heterocycles. The van der Waals surface area contributed by atoms with Gasteiger partial charge in [-0.2, -0.15) is 4.98 Å². The molecule has 1 unspecified atom stereocenters. The van der Waals surface area contributed by atoms with Crippen molar-refractivity contribution in [3.63, 3.8) is 0 Å². The number of aromatic nitrogens is 2. The second-order valence-electron chi connectivity index (χ2n) is 8.67. The van der Waals surface area contributed by atoms with Crippen LogP contribution >= 0.6 is 0 Å². The third-order valence-electron chi connectivity index (χ3n) is 6.29. The van der Waals surface area contributed by atoms with E-state index in [2.05, 4.69) is 15.5 Å². The minimum atomic E-state index is -0.297. The Morgan fingerprint density at radius 3 is 2.74 bits per heavy atom. The van der Waals surface area contributed by atoms with Gasteiger partial charge in [0, 0.05) is 31.8 Å². The fourth-order valence-corrected chi connectivity index (χ4v) is 4.49. The van der Waals surface area contributed by atoms with Crippen LogP contribution in [-0.2, 0) is 22.7 Å². The number of carbonyl (C=O) groups is 2. The first-order valence-electron chi connectivity index (χ1n) is 11.2. The van der Waals surface area contributed by atoms with Crippen molar-refractivity contribution >= 4 is 11.8 Å². The first-order valence-corrected chi connectivity index (χ1v) is 11.2. The van der Waals surface area contributed by atoms with Gasteiger partial charge in [-0.05, 0) is 30.0 Å². The number of amides is 2. The quantitative estimate of drug-likeness (QED) is 0.693. The molecule has 0 spiro atoms. The lowest BCUT2D eigenvalue weighted by atomic mass is 9.86. The maximum atomic E-state index is 13.1. The summed E-state index contributed by atoms with van der Waals surface area (Å²) in [6.45, 7) is 1.12. The molecule has 1 aromatic heterocycles. The number of likely N-dealkylation sites (tertiary alicyclic amines) is 1. The van der Waals surface area contributed by atoms with E-state index in [1.54, 1.807) is 17.0 Å². The molecule has 2 fully saturated rings. The lowest BCUT2D eigenvalue weighted by Crippen LogP contribution is -2.24. The predicted octanol–water partition coefficient (Wildman–Crippen LogP) is 3.70. The van der Waals surface area contributed by atoms with E-state index in [9.17, 15) is 14.0 Å². The molecule has 2 aliphatic rings. The van der Waals surface area contributed by atoms with Gasteiger partial charge in [0.05, 0.1) is 6.54 Å². The standard InChI is InChI=1S/C23H29FN4O3/c24-19-9-6-17(7-10-19)14-28-15-18(12-22(28)30)23-26-21(31-27-23)13-25-20(29)11-8-16-4-2-1-3-5-16/h6-7,9-10,16,18H,1-5,8,11-15H2,(H,25,29). The molecule has 7 nitrogen and oxygen atoms in total. The molecule has 31 heavy (non-hydrogen) atoms. The van der Waals surface area contributed by atoms with Gasteiger partial charge in [-0.1, -0.05) is 49.4 Å². The van der Waals surface area contributed by atoms with E-state index < -0.39 is 0 Å². The van der Waals surface area contributed by atoms with Crippen molar-refractivity contribution in [2.45, 2.75) is 70.4 Å². The highest BCUT2D eigenvalue weighted by Gasteiger charge is 2.33. The lowest BCUT2D eigenvalue weighted by molar-refractivity contribution is -0.128. The lowest BCUT2D eigenvalue weighted by Gasteiger charge is -2.20. The number of rotatable bonds is 8. The van der Waals surface area contributed by atoms with Crippen LogP contribution in [0.25, 0.3) is 0 Å². The SMILES string of the molecule is O=C(CCC1CCCCC1)NCc1nc(C2CC(=O)N(Cc3ccc(F)cc3)C2)no1. The highest BCUT2D eigenvalue weighted by Crippen LogP contribution is 2.28. The molecule has 1 aromatic carbocycles. The van der Waals surface area contributed by atoms with Crippen molar-refractivity contribution in [1.82, 2.24) is 20.4 Å². The fourth-order valence-electron chi connectivity index (χ4n) is 4.49. The smallest absolute Gasteiger partial charge is 0.246 e. The van der Waals surface area contributed by atoms with E-state index in [0.717, 1.165) is 12.0 Å². The minimum absolute atomic E-state index is 0.00633. The first kappa shape index (κ1) is 21.5. The van der Waals surface area contributed by atoms with Crippen LogP contribution in [0.15, 0.2) is 28.8 Å². The Morgan fingerprint density at radius 1 is 1.19 bits per heavy atom. The number of halogens is 1. The molecule has 1 saturated heterocycles. The maximum absolute atomic E-state index is 13.1. The highest BCUT2D eigenvalue weighted by atomic mass is 19.1. The van der Waals surface area contributed by atoms with Gasteiger partial charge < -0.3 is 14.7 Å². The van der Waals surface area contributed by atoms with Crippen molar-refractivity contribution in [2.24, 2.45) is 5.92 Å². The molecule has 1 N–H and O–H groups in total. The van der Waals surface area contributed by atoms with E-state index in [4.69, 9.17) is 4.52 Å². The normalized spacial score (nSPS) is 19.7. The molecular formula is C23H29FN4O3. The van der Waals surface area contributed by atoms with Crippen molar-refractivity contribution in [3.05, 3.63) is 47.4 Å². The van der Waals surface area contributed by atoms with Crippen LogP contribution in [0.5, 0.6) is 0 Å². The van der Waals surface area contributed by atoms with Crippen LogP contribution in [0.4, 0.5) is 4.39 Å². The number of hydrogen-bond acceptors (Lipinski definition) is 5. The average molecular weight is 429 g/mol. The largest absolute Gasteiger partial charge is 0.347 e. The number of benzene rings is 1. The number of nitrogens with one attached hydrogen (secondary N) is 1. The van der Waals surface area contributed by atoms with Crippen LogP contribution in [0.3, 0.4) is 0 Å². The zero-order valence-electron chi connectivity index (χ0n) is 17.7. The summed E-state index contributed by atoms with van der Waals surface area (Å²) < 4.78 is 18.3. The zero-order valence-corrected chi connectivity index (χ0v) is 17.7. The summed E-state index contributed by atoms with van der Waals surface area (Å²) >= 11 is 0. The Bertz CT molecular complexity index is 892. The second-order valence-corrected chi connectivity index (χ2v) is 8.67. The minimum Gasteiger partial charge on any atom is -0.347 e. The summed E-state index contributed by atoms with van der Waals surface area (Å²) in [6, 6.07) is 6.14.